The Morgan fingerprint density at radius 1 is 1.31 bits per heavy atom. The first kappa shape index (κ1) is 18.8. The van der Waals surface area contributed by atoms with Gasteiger partial charge in [0.2, 0.25) is 0 Å². The first-order chi connectivity index (χ1) is 12.4. The van der Waals surface area contributed by atoms with Crippen LogP contribution in [0.2, 0.25) is 5.02 Å². The molecule has 140 valence electrons. The molecule has 6 heteroatoms. The van der Waals surface area contributed by atoms with E-state index in [4.69, 9.17) is 16.3 Å². The van der Waals surface area contributed by atoms with Crippen LogP contribution < -0.4 is 5.32 Å². The zero-order chi connectivity index (χ0) is 18.8. The van der Waals surface area contributed by atoms with Gasteiger partial charge in [-0.15, -0.1) is 0 Å². The zero-order valence-electron chi connectivity index (χ0n) is 15.4. The molecule has 1 N–H and O–H groups in total. The number of nitrogens with one attached hydrogen (secondary N) is 1. The quantitative estimate of drug-likeness (QED) is 0.794. The Morgan fingerprint density at radius 2 is 2.04 bits per heavy atom. The number of esters is 1. The van der Waals surface area contributed by atoms with E-state index in [-0.39, 0.29) is 18.1 Å². The molecule has 0 spiro atoms. The van der Waals surface area contributed by atoms with Gasteiger partial charge in [0.15, 0.2) is 0 Å². The standard InChI is InChI=1S/C20H25ClN2O3/c1-12-7-6-8-14(11-12)26-19(24)17-13(2)23(3)20(25)22-18(17)15-9-4-5-10-16(15)21/h4-5,9-10,12,14,18H,6-8,11H2,1-3H3,(H,22,25)/t12-,14-,18-/m1/s1. The molecule has 3 atom stereocenters. The maximum absolute atomic E-state index is 13.0. The Labute approximate surface area is 159 Å². The van der Waals surface area contributed by atoms with E-state index in [0.717, 1.165) is 19.3 Å². The molecule has 2 aliphatic rings. The first-order valence-corrected chi connectivity index (χ1v) is 9.46. The van der Waals surface area contributed by atoms with E-state index in [1.54, 1.807) is 20.0 Å². The SMILES string of the molecule is CC1=C(C(=O)O[C@@H]2CCC[C@@H](C)C2)[C@@H](c2ccccc2Cl)NC(=O)N1C. The molecular weight excluding hydrogens is 352 g/mol. The van der Waals surface area contributed by atoms with Gasteiger partial charge >= 0.3 is 12.0 Å². The van der Waals surface area contributed by atoms with Crippen LogP contribution in [0.15, 0.2) is 35.5 Å². The summed E-state index contributed by atoms with van der Waals surface area (Å²) in [4.78, 5) is 26.8. The van der Waals surface area contributed by atoms with Crippen molar-refractivity contribution in [1.29, 1.82) is 0 Å². The van der Waals surface area contributed by atoms with Crippen LogP contribution in [-0.4, -0.2) is 30.1 Å². The zero-order valence-corrected chi connectivity index (χ0v) is 16.2. The number of halogens is 1. The number of nitrogens with zero attached hydrogens (tertiary/aromatic N) is 1. The third kappa shape index (κ3) is 3.73. The van der Waals surface area contributed by atoms with Gasteiger partial charge in [-0.2, -0.15) is 0 Å². The average Bonchev–Trinajstić information content (AvgIpc) is 2.59. The van der Waals surface area contributed by atoms with Gasteiger partial charge in [-0.1, -0.05) is 43.1 Å². The first-order valence-electron chi connectivity index (χ1n) is 9.09. The van der Waals surface area contributed by atoms with E-state index in [1.807, 2.05) is 18.2 Å². The number of rotatable bonds is 3. The number of allylic oxidation sites excluding steroid dienone is 1. The van der Waals surface area contributed by atoms with Crippen molar-refractivity contribution in [2.24, 2.45) is 5.92 Å². The summed E-state index contributed by atoms with van der Waals surface area (Å²) < 4.78 is 5.83. The molecule has 0 aromatic heterocycles. The number of benzene rings is 1. The lowest BCUT2D eigenvalue weighted by Crippen LogP contribution is -2.46. The van der Waals surface area contributed by atoms with Crippen molar-refractivity contribution < 1.29 is 14.3 Å². The van der Waals surface area contributed by atoms with Crippen LogP contribution in [-0.2, 0) is 9.53 Å². The largest absolute Gasteiger partial charge is 0.459 e. The van der Waals surface area contributed by atoms with E-state index in [2.05, 4.69) is 12.2 Å². The lowest BCUT2D eigenvalue weighted by atomic mass is 9.88. The summed E-state index contributed by atoms with van der Waals surface area (Å²) in [7, 11) is 1.64. The van der Waals surface area contributed by atoms with Crippen LogP contribution in [0.3, 0.4) is 0 Å². The maximum Gasteiger partial charge on any atom is 0.338 e. The second kappa shape index (κ2) is 7.70. The Morgan fingerprint density at radius 3 is 2.73 bits per heavy atom. The van der Waals surface area contributed by atoms with E-state index >= 15 is 0 Å². The molecule has 1 aromatic rings. The molecule has 0 radical (unpaired) electrons. The maximum atomic E-state index is 13.0. The van der Waals surface area contributed by atoms with Crippen LogP contribution in [0.4, 0.5) is 4.79 Å². The highest BCUT2D eigenvalue weighted by Gasteiger charge is 2.37. The van der Waals surface area contributed by atoms with Crippen LogP contribution in [0, 0.1) is 5.92 Å². The van der Waals surface area contributed by atoms with Crippen molar-refractivity contribution in [3.63, 3.8) is 0 Å². The highest BCUT2D eigenvalue weighted by Crippen LogP contribution is 2.35. The summed E-state index contributed by atoms with van der Waals surface area (Å²) in [5.74, 6) is 0.183. The smallest absolute Gasteiger partial charge is 0.338 e. The third-order valence-corrected chi connectivity index (χ3v) is 5.70. The van der Waals surface area contributed by atoms with E-state index in [0.29, 0.717) is 27.8 Å². The molecule has 1 heterocycles. The Hall–Kier alpha value is -2.01. The number of carbonyl (C=O) groups excluding carboxylic acids is 2. The van der Waals surface area contributed by atoms with Gasteiger partial charge in [0.1, 0.15) is 6.10 Å². The van der Waals surface area contributed by atoms with Crippen molar-refractivity contribution in [3.8, 4) is 0 Å². The number of ether oxygens (including phenoxy) is 1. The van der Waals surface area contributed by atoms with Gasteiger partial charge in [0.25, 0.3) is 0 Å². The molecule has 0 bridgehead atoms. The monoisotopic (exact) mass is 376 g/mol. The normalized spacial score (nSPS) is 26.5. The Kier molecular flexibility index (Phi) is 5.56. The summed E-state index contributed by atoms with van der Waals surface area (Å²) >= 11 is 6.33. The van der Waals surface area contributed by atoms with Gasteiger partial charge in [-0.3, -0.25) is 0 Å². The van der Waals surface area contributed by atoms with E-state index in [1.165, 1.54) is 11.3 Å². The second-order valence-electron chi connectivity index (χ2n) is 7.26. The molecule has 5 nitrogen and oxygen atoms in total. The van der Waals surface area contributed by atoms with Crippen molar-refractivity contribution in [2.45, 2.75) is 51.7 Å². The van der Waals surface area contributed by atoms with Gasteiger partial charge in [-0.25, -0.2) is 9.59 Å². The Bertz CT molecular complexity index is 746. The molecule has 2 amide bonds. The molecule has 1 fully saturated rings. The van der Waals surface area contributed by atoms with Gasteiger partial charge in [0, 0.05) is 17.8 Å². The fourth-order valence-corrected chi connectivity index (χ4v) is 3.99. The summed E-state index contributed by atoms with van der Waals surface area (Å²) in [5.41, 5.74) is 1.73. The number of carbonyl (C=O) groups is 2. The molecule has 1 saturated carbocycles. The Balaban J connectivity index is 1.92. The third-order valence-electron chi connectivity index (χ3n) is 5.35. The minimum absolute atomic E-state index is 0.0682. The van der Waals surface area contributed by atoms with Crippen LogP contribution in [0.5, 0.6) is 0 Å². The number of urea groups is 1. The molecule has 0 saturated heterocycles. The van der Waals surface area contributed by atoms with Crippen molar-refractivity contribution in [2.75, 3.05) is 7.05 Å². The van der Waals surface area contributed by atoms with Crippen LogP contribution >= 0.6 is 11.6 Å². The number of hydrogen-bond donors (Lipinski definition) is 1. The van der Waals surface area contributed by atoms with E-state index < -0.39 is 6.04 Å². The average molecular weight is 377 g/mol. The van der Waals surface area contributed by atoms with Crippen molar-refractivity contribution >= 4 is 23.6 Å². The topological polar surface area (TPSA) is 58.6 Å². The van der Waals surface area contributed by atoms with Crippen molar-refractivity contribution in [1.82, 2.24) is 10.2 Å². The summed E-state index contributed by atoms with van der Waals surface area (Å²) in [6.07, 6.45) is 3.96. The fraction of sp³-hybridized carbons (Fsp3) is 0.500. The molecule has 26 heavy (non-hydrogen) atoms. The number of amides is 2. The van der Waals surface area contributed by atoms with E-state index in [9.17, 15) is 9.59 Å². The fourth-order valence-electron chi connectivity index (χ4n) is 3.74. The molecule has 1 aliphatic heterocycles. The van der Waals surface area contributed by atoms with Gasteiger partial charge in [0.05, 0.1) is 11.6 Å². The van der Waals surface area contributed by atoms with Crippen LogP contribution in [0.1, 0.15) is 51.1 Å². The summed E-state index contributed by atoms with van der Waals surface area (Å²) in [6, 6.07) is 6.36. The summed E-state index contributed by atoms with van der Waals surface area (Å²) in [5, 5.41) is 3.38. The van der Waals surface area contributed by atoms with Crippen LogP contribution in [0.25, 0.3) is 0 Å². The molecule has 1 aliphatic carbocycles. The predicted molar refractivity (Wildman–Crippen MR) is 101 cm³/mol. The summed E-state index contributed by atoms with van der Waals surface area (Å²) in [6.45, 7) is 3.95. The number of hydrogen-bond acceptors (Lipinski definition) is 3. The predicted octanol–water partition coefficient (Wildman–Crippen LogP) is 4.43. The highest BCUT2D eigenvalue weighted by molar-refractivity contribution is 6.31. The van der Waals surface area contributed by atoms with Crippen molar-refractivity contribution in [3.05, 3.63) is 46.1 Å². The molecule has 0 unspecified atom stereocenters. The van der Waals surface area contributed by atoms with Gasteiger partial charge in [-0.05, 0) is 43.7 Å². The molecule has 1 aromatic carbocycles. The molecule has 3 rings (SSSR count). The minimum Gasteiger partial charge on any atom is -0.459 e. The second-order valence-corrected chi connectivity index (χ2v) is 7.67. The highest BCUT2D eigenvalue weighted by atomic mass is 35.5. The minimum atomic E-state index is -0.610. The lowest BCUT2D eigenvalue weighted by Gasteiger charge is -2.35. The van der Waals surface area contributed by atoms with Gasteiger partial charge < -0.3 is 15.0 Å². The lowest BCUT2D eigenvalue weighted by molar-refractivity contribution is -0.147. The molecular formula is C20H25ClN2O3.